The van der Waals surface area contributed by atoms with E-state index < -0.39 is 23.7 Å². The van der Waals surface area contributed by atoms with Crippen LogP contribution in [0, 0.1) is 12.7 Å². The molecule has 27 heavy (non-hydrogen) atoms. The van der Waals surface area contributed by atoms with Crippen molar-refractivity contribution in [2.75, 3.05) is 0 Å². The zero-order valence-electron chi connectivity index (χ0n) is 15.4. The number of nitrogens with one attached hydrogen (secondary N) is 2. The number of carbonyl (C=O) groups is 2. The summed E-state index contributed by atoms with van der Waals surface area (Å²) in [7, 11) is 0. The first-order valence-corrected chi connectivity index (χ1v) is 8.96. The van der Waals surface area contributed by atoms with Crippen LogP contribution >= 0.6 is 11.6 Å². The number of ether oxygens (including phenoxy) is 1. The molecule has 0 aliphatic heterocycles. The van der Waals surface area contributed by atoms with Gasteiger partial charge >= 0.3 is 0 Å². The van der Waals surface area contributed by atoms with E-state index in [1.807, 2.05) is 6.92 Å². The van der Waals surface area contributed by atoms with E-state index in [0.717, 1.165) is 12.8 Å². The van der Waals surface area contributed by atoms with Crippen LogP contribution in [0.5, 0.6) is 5.75 Å². The summed E-state index contributed by atoms with van der Waals surface area (Å²) in [4.78, 5) is 24.4. The molecule has 146 valence electrons. The predicted molar refractivity (Wildman–Crippen MR) is 99.0 cm³/mol. The number of nitrogens with zero attached hydrogens (tertiary/aromatic N) is 2. The molecule has 1 aromatic carbocycles. The van der Waals surface area contributed by atoms with Gasteiger partial charge in [0, 0.05) is 6.54 Å². The number of amides is 2. The summed E-state index contributed by atoms with van der Waals surface area (Å²) < 4.78 is 19.8. The minimum absolute atomic E-state index is 0.208. The summed E-state index contributed by atoms with van der Waals surface area (Å²) in [5, 5.41) is 4.48. The molecule has 1 heterocycles. The normalized spacial score (nSPS) is 11.7. The highest BCUT2D eigenvalue weighted by molar-refractivity contribution is 6.33. The van der Waals surface area contributed by atoms with Gasteiger partial charge in [0.2, 0.25) is 0 Å². The maximum Gasteiger partial charge on any atom is 0.279 e. The lowest BCUT2D eigenvalue weighted by molar-refractivity contribution is -0.128. The van der Waals surface area contributed by atoms with Crippen molar-refractivity contribution in [3.05, 3.63) is 46.5 Å². The second kappa shape index (κ2) is 9.36. The van der Waals surface area contributed by atoms with E-state index in [0.29, 0.717) is 18.0 Å². The van der Waals surface area contributed by atoms with Gasteiger partial charge in [-0.3, -0.25) is 25.1 Å². The molecular formula is C18H22ClFN4O3. The molecule has 0 saturated carbocycles. The van der Waals surface area contributed by atoms with Crippen LogP contribution in [0.15, 0.2) is 24.3 Å². The molecule has 1 aromatic heterocycles. The van der Waals surface area contributed by atoms with Crippen molar-refractivity contribution in [1.82, 2.24) is 20.6 Å². The molecule has 0 aliphatic rings. The lowest BCUT2D eigenvalue weighted by Crippen LogP contribution is -2.47. The second-order valence-electron chi connectivity index (χ2n) is 5.99. The van der Waals surface area contributed by atoms with E-state index in [-0.39, 0.29) is 10.7 Å². The highest BCUT2D eigenvalue weighted by atomic mass is 35.5. The second-order valence-corrected chi connectivity index (χ2v) is 6.34. The smallest absolute Gasteiger partial charge is 0.279 e. The Morgan fingerprint density at radius 2 is 1.96 bits per heavy atom. The van der Waals surface area contributed by atoms with E-state index in [2.05, 4.69) is 16.0 Å². The summed E-state index contributed by atoms with van der Waals surface area (Å²) in [6, 6.07) is 5.27. The topological polar surface area (TPSA) is 85.3 Å². The molecular weight excluding hydrogens is 375 g/mol. The van der Waals surface area contributed by atoms with Crippen molar-refractivity contribution >= 4 is 23.4 Å². The van der Waals surface area contributed by atoms with Gasteiger partial charge in [-0.25, -0.2) is 4.39 Å². The first kappa shape index (κ1) is 20.7. The Labute approximate surface area is 161 Å². The molecule has 2 rings (SSSR count). The van der Waals surface area contributed by atoms with Crippen molar-refractivity contribution in [3.8, 4) is 5.75 Å². The number of aryl methyl sites for hydroxylation is 2. The summed E-state index contributed by atoms with van der Waals surface area (Å²) in [5.41, 5.74) is 5.27. The summed E-state index contributed by atoms with van der Waals surface area (Å²) in [6.07, 6.45) is 0.954. The van der Waals surface area contributed by atoms with Crippen LogP contribution in [-0.4, -0.2) is 27.7 Å². The lowest BCUT2D eigenvalue weighted by Gasteiger charge is -2.15. The van der Waals surface area contributed by atoms with Gasteiger partial charge in [-0.15, -0.1) is 0 Å². The zero-order valence-corrected chi connectivity index (χ0v) is 16.1. The highest BCUT2D eigenvalue weighted by Gasteiger charge is 2.22. The lowest BCUT2D eigenvalue weighted by atomic mass is 10.2. The molecule has 0 unspecified atom stereocenters. The fourth-order valence-corrected chi connectivity index (χ4v) is 2.67. The van der Waals surface area contributed by atoms with E-state index in [1.54, 1.807) is 11.6 Å². The largest absolute Gasteiger partial charge is 0.481 e. The fourth-order valence-electron chi connectivity index (χ4n) is 2.32. The number of carbonyl (C=O) groups excluding carboxylic acids is 2. The van der Waals surface area contributed by atoms with Crippen LogP contribution < -0.4 is 15.6 Å². The molecule has 9 heteroatoms. The third-order valence-corrected chi connectivity index (χ3v) is 4.20. The van der Waals surface area contributed by atoms with Gasteiger partial charge in [-0.2, -0.15) is 5.10 Å². The number of hydrogen-bond acceptors (Lipinski definition) is 4. The average Bonchev–Trinajstić information content (AvgIpc) is 2.93. The van der Waals surface area contributed by atoms with Gasteiger partial charge < -0.3 is 4.74 Å². The Morgan fingerprint density at radius 3 is 2.59 bits per heavy atom. The zero-order chi connectivity index (χ0) is 20.0. The number of benzene rings is 1. The summed E-state index contributed by atoms with van der Waals surface area (Å²) >= 11 is 6.23. The van der Waals surface area contributed by atoms with Crippen LogP contribution in [0.3, 0.4) is 0 Å². The quantitative estimate of drug-likeness (QED) is 0.704. The van der Waals surface area contributed by atoms with Crippen LogP contribution in [-0.2, 0) is 11.3 Å². The number of halogens is 2. The van der Waals surface area contributed by atoms with Gasteiger partial charge in [-0.05, 0) is 44.5 Å². The molecule has 0 bridgehead atoms. The van der Waals surface area contributed by atoms with Crippen molar-refractivity contribution in [2.24, 2.45) is 0 Å². The van der Waals surface area contributed by atoms with Crippen LogP contribution in [0.1, 0.15) is 42.7 Å². The summed E-state index contributed by atoms with van der Waals surface area (Å²) in [6.45, 7) is 5.83. The fraction of sp³-hybridized carbons (Fsp3) is 0.389. The van der Waals surface area contributed by atoms with E-state index in [1.165, 1.54) is 31.2 Å². The van der Waals surface area contributed by atoms with Crippen molar-refractivity contribution < 1.29 is 18.7 Å². The summed E-state index contributed by atoms with van der Waals surface area (Å²) in [5.74, 6) is -1.21. The van der Waals surface area contributed by atoms with Gasteiger partial charge in [0.1, 0.15) is 22.3 Å². The minimum atomic E-state index is -0.903. The Bertz CT molecular complexity index is 808. The molecule has 2 N–H and O–H groups in total. The number of hydrazine groups is 1. The molecule has 1 atom stereocenters. The Kier molecular flexibility index (Phi) is 7.18. The molecule has 2 amide bonds. The van der Waals surface area contributed by atoms with E-state index >= 15 is 0 Å². The van der Waals surface area contributed by atoms with Crippen LogP contribution in [0.4, 0.5) is 4.39 Å². The van der Waals surface area contributed by atoms with Crippen molar-refractivity contribution in [2.45, 2.75) is 46.3 Å². The number of aromatic nitrogens is 2. The van der Waals surface area contributed by atoms with Gasteiger partial charge in [0.25, 0.3) is 11.8 Å². The number of hydrogen-bond donors (Lipinski definition) is 2. The Balaban J connectivity index is 1.93. The molecule has 0 fully saturated rings. The molecule has 2 aromatic rings. The van der Waals surface area contributed by atoms with Crippen molar-refractivity contribution in [1.29, 1.82) is 0 Å². The first-order valence-electron chi connectivity index (χ1n) is 8.58. The third-order valence-electron chi connectivity index (χ3n) is 3.81. The molecule has 0 spiro atoms. The maximum absolute atomic E-state index is 12.9. The minimum Gasteiger partial charge on any atom is -0.481 e. The van der Waals surface area contributed by atoms with E-state index in [9.17, 15) is 14.0 Å². The van der Waals surface area contributed by atoms with Gasteiger partial charge in [0.05, 0.1) is 5.69 Å². The van der Waals surface area contributed by atoms with Gasteiger partial charge in [-0.1, -0.05) is 24.9 Å². The Hall–Kier alpha value is -2.61. The standard InChI is InChI=1S/C18H22ClFN4O3/c1-4-5-10-24-16(19)15(11(2)23-24)18(26)22-21-17(25)12(3)27-14-8-6-13(20)7-9-14/h6-9,12H,4-5,10H2,1-3H3,(H,21,25)(H,22,26)/t12-/m0/s1. The van der Waals surface area contributed by atoms with Crippen LogP contribution in [0.25, 0.3) is 0 Å². The predicted octanol–water partition coefficient (Wildman–Crippen LogP) is 3.01. The Morgan fingerprint density at radius 1 is 1.30 bits per heavy atom. The average molecular weight is 397 g/mol. The highest BCUT2D eigenvalue weighted by Crippen LogP contribution is 2.20. The monoisotopic (exact) mass is 396 g/mol. The van der Waals surface area contributed by atoms with Crippen LogP contribution in [0.2, 0.25) is 5.15 Å². The molecule has 0 radical (unpaired) electrons. The first-order chi connectivity index (χ1) is 12.8. The SMILES string of the molecule is CCCCn1nc(C)c(C(=O)NNC(=O)[C@H](C)Oc2ccc(F)cc2)c1Cl. The molecule has 0 saturated heterocycles. The van der Waals surface area contributed by atoms with E-state index in [4.69, 9.17) is 16.3 Å². The third kappa shape index (κ3) is 5.43. The van der Waals surface area contributed by atoms with Gasteiger partial charge in [0.15, 0.2) is 6.10 Å². The maximum atomic E-state index is 12.9. The number of unbranched alkanes of at least 4 members (excludes halogenated alkanes) is 1. The number of rotatable bonds is 7. The molecule has 7 nitrogen and oxygen atoms in total. The van der Waals surface area contributed by atoms with Crippen molar-refractivity contribution in [3.63, 3.8) is 0 Å². The molecule has 0 aliphatic carbocycles.